The maximum absolute atomic E-state index is 12.4. The Morgan fingerprint density at radius 3 is 2.48 bits per heavy atom. The fourth-order valence-electron chi connectivity index (χ4n) is 2.10. The molecule has 23 heavy (non-hydrogen) atoms. The average molecular weight is 314 g/mol. The van der Waals surface area contributed by atoms with Crippen LogP contribution in [0.4, 0.5) is 16.3 Å². The zero-order chi connectivity index (χ0) is 16.7. The van der Waals surface area contributed by atoms with E-state index in [1.54, 1.807) is 17.2 Å². The minimum absolute atomic E-state index is 0.0852. The van der Waals surface area contributed by atoms with Crippen molar-refractivity contribution in [2.24, 2.45) is 0 Å². The second-order valence-electron chi connectivity index (χ2n) is 5.36. The molecular weight excluding hydrogens is 292 g/mol. The van der Waals surface area contributed by atoms with Gasteiger partial charge < -0.3 is 20.2 Å². The zero-order valence-electron chi connectivity index (χ0n) is 13.4. The predicted molar refractivity (Wildman–Crippen MR) is 91.5 cm³/mol. The van der Waals surface area contributed by atoms with Crippen LogP contribution in [-0.2, 0) is 6.54 Å². The lowest BCUT2D eigenvalue weighted by molar-refractivity contribution is 0.185. The van der Waals surface area contributed by atoms with Gasteiger partial charge in [-0.2, -0.15) is 0 Å². The van der Waals surface area contributed by atoms with Crippen molar-refractivity contribution in [1.29, 1.82) is 0 Å². The van der Waals surface area contributed by atoms with E-state index in [9.17, 15) is 9.90 Å². The number of hydrogen-bond donors (Lipinski definition) is 2. The van der Waals surface area contributed by atoms with Crippen LogP contribution < -0.4 is 10.2 Å². The number of carbonyl (C=O) groups is 1. The lowest BCUT2D eigenvalue weighted by Gasteiger charge is -2.22. The van der Waals surface area contributed by atoms with Gasteiger partial charge in [0.25, 0.3) is 0 Å². The third kappa shape index (κ3) is 4.96. The van der Waals surface area contributed by atoms with E-state index in [1.807, 2.05) is 55.4 Å². The van der Waals surface area contributed by atoms with Crippen molar-refractivity contribution < 1.29 is 9.90 Å². The number of aliphatic hydroxyl groups is 1. The molecule has 0 radical (unpaired) electrons. The van der Waals surface area contributed by atoms with Gasteiger partial charge in [-0.25, -0.2) is 9.78 Å². The monoisotopic (exact) mass is 314 g/mol. The fraction of sp³-hybridized carbons (Fsp3) is 0.294. The van der Waals surface area contributed by atoms with E-state index in [4.69, 9.17) is 0 Å². The molecule has 0 spiro atoms. The first kappa shape index (κ1) is 16.8. The SMILES string of the molecule is CN(C)c1ccc(NC(=O)N(CCO)Cc2ccccc2)cn1. The number of rotatable bonds is 6. The van der Waals surface area contributed by atoms with Crippen molar-refractivity contribution in [3.63, 3.8) is 0 Å². The molecule has 1 aromatic carbocycles. The number of nitrogens with one attached hydrogen (secondary N) is 1. The van der Waals surface area contributed by atoms with Crippen LogP contribution in [0.15, 0.2) is 48.7 Å². The Morgan fingerprint density at radius 2 is 1.91 bits per heavy atom. The standard InChI is InChI=1S/C17H22N4O2/c1-20(2)16-9-8-15(12-18-16)19-17(23)21(10-11-22)13-14-6-4-3-5-7-14/h3-9,12,22H,10-11,13H2,1-2H3,(H,19,23). The highest BCUT2D eigenvalue weighted by Crippen LogP contribution is 2.13. The molecule has 2 N–H and O–H groups in total. The molecule has 0 aliphatic heterocycles. The first-order valence-electron chi connectivity index (χ1n) is 7.44. The van der Waals surface area contributed by atoms with Crippen LogP contribution in [0.3, 0.4) is 0 Å². The highest BCUT2D eigenvalue weighted by Gasteiger charge is 2.14. The Hall–Kier alpha value is -2.60. The van der Waals surface area contributed by atoms with Gasteiger partial charge in [-0.15, -0.1) is 0 Å². The maximum atomic E-state index is 12.4. The van der Waals surface area contributed by atoms with Crippen LogP contribution >= 0.6 is 0 Å². The summed E-state index contributed by atoms with van der Waals surface area (Å²) in [6.45, 7) is 0.623. The summed E-state index contributed by atoms with van der Waals surface area (Å²) in [7, 11) is 3.81. The van der Waals surface area contributed by atoms with Gasteiger partial charge in [-0.05, 0) is 17.7 Å². The minimum atomic E-state index is -0.262. The van der Waals surface area contributed by atoms with Crippen molar-refractivity contribution in [3.8, 4) is 0 Å². The largest absolute Gasteiger partial charge is 0.395 e. The summed E-state index contributed by atoms with van der Waals surface area (Å²) in [4.78, 5) is 20.1. The van der Waals surface area contributed by atoms with E-state index in [-0.39, 0.29) is 19.2 Å². The second kappa shape index (κ2) is 8.14. The predicted octanol–water partition coefficient (Wildman–Crippen LogP) is 2.17. The van der Waals surface area contributed by atoms with Crippen LogP contribution in [0.25, 0.3) is 0 Å². The molecule has 1 heterocycles. The number of pyridine rings is 1. The third-order valence-corrected chi connectivity index (χ3v) is 3.33. The van der Waals surface area contributed by atoms with Gasteiger partial charge >= 0.3 is 6.03 Å². The Labute approximate surface area is 136 Å². The number of hydrogen-bond acceptors (Lipinski definition) is 4. The molecule has 0 saturated carbocycles. The fourth-order valence-corrected chi connectivity index (χ4v) is 2.10. The van der Waals surface area contributed by atoms with Crippen molar-refractivity contribution in [2.45, 2.75) is 6.54 Å². The average Bonchev–Trinajstić information content (AvgIpc) is 2.56. The molecule has 122 valence electrons. The number of carbonyl (C=O) groups excluding carboxylic acids is 1. The van der Waals surface area contributed by atoms with Crippen LogP contribution in [0, 0.1) is 0 Å². The number of nitrogens with zero attached hydrogens (tertiary/aromatic N) is 3. The highest BCUT2D eigenvalue weighted by molar-refractivity contribution is 5.89. The van der Waals surface area contributed by atoms with Crippen LogP contribution in [0.2, 0.25) is 0 Å². The number of anilines is 2. The number of aliphatic hydroxyl groups excluding tert-OH is 1. The lowest BCUT2D eigenvalue weighted by atomic mass is 10.2. The van der Waals surface area contributed by atoms with E-state index in [1.165, 1.54) is 0 Å². The third-order valence-electron chi connectivity index (χ3n) is 3.33. The van der Waals surface area contributed by atoms with Gasteiger partial charge in [0.05, 0.1) is 18.5 Å². The topological polar surface area (TPSA) is 68.7 Å². The van der Waals surface area contributed by atoms with Gasteiger partial charge in [0.15, 0.2) is 0 Å². The maximum Gasteiger partial charge on any atom is 0.322 e. The quantitative estimate of drug-likeness (QED) is 0.857. The first-order chi connectivity index (χ1) is 11.1. The number of aromatic nitrogens is 1. The molecular formula is C17H22N4O2. The van der Waals surface area contributed by atoms with E-state index < -0.39 is 0 Å². The summed E-state index contributed by atoms with van der Waals surface area (Å²) in [6, 6.07) is 13.1. The Bertz CT molecular complexity index is 614. The normalized spacial score (nSPS) is 10.2. The van der Waals surface area contributed by atoms with Crippen molar-refractivity contribution >= 4 is 17.5 Å². The molecule has 2 amide bonds. The van der Waals surface area contributed by atoms with Crippen LogP contribution in [0.5, 0.6) is 0 Å². The number of urea groups is 1. The van der Waals surface area contributed by atoms with E-state index >= 15 is 0 Å². The lowest BCUT2D eigenvalue weighted by Crippen LogP contribution is -2.36. The van der Waals surface area contributed by atoms with Crippen molar-refractivity contribution in [1.82, 2.24) is 9.88 Å². The Morgan fingerprint density at radius 1 is 1.17 bits per heavy atom. The molecule has 2 aromatic rings. The molecule has 0 atom stereocenters. The van der Waals surface area contributed by atoms with Crippen molar-refractivity contribution in [2.75, 3.05) is 37.5 Å². The summed E-state index contributed by atoms with van der Waals surface area (Å²) in [5, 5.41) is 12.0. The van der Waals surface area contributed by atoms with Gasteiger partial charge in [0, 0.05) is 27.2 Å². The summed E-state index contributed by atoms with van der Waals surface area (Å²) in [5.74, 6) is 0.819. The molecule has 0 bridgehead atoms. The van der Waals surface area contributed by atoms with Gasteiger partial charge in [0.1, 0.15) is 5.82 Å². The summed E-state index contributed by atoms with van der Waals surface area (Å²) >= 11 is 0. The second-order valence-corrected chi connectivity index (χ2v) is 5.36. The highest BCUT2D eigenvalue weighted by atomic mass is 16.3. The molecule has 0 fully saturated rings. The number of benzene rings is 1. The summed E-state index contributed by atoms with van der Waals surface area (Å²) in [5.41, 5.74) is 1.63. The Kier molecular flexibility index (Phi) is 5.94. The molecule has 0 saturated heterocycles. The van der Waals surface area contributed by atoms with Crippen LogP contribution in [0.1, 0.15) is 5.56 Å². The van der Waals surface area contributed by atoms with Gasteiger partial charge in [0.2, 0.25) is 0 Å². The molecule has 6 heteroatoms. The van der Waals surface area contributed by atoms with Gasteiger partial charge in [-0.3, -0.25) is 0 Å². The first-order valence-corrected chi connectivity index (χ1v) is 7.44. The summed E-state index contributed by atoms with van der Waals surface area (Å²) < 4.78 is 0. The molecule has 2 rings (SSSR count). The molecule has 1 aromatic heterocycles. The number of amides is 2. The van der Waals surface area contributed by atoms with Crippen molar-refractivity contribution in [3.05, 3.63) is 54.2 Å². The van der Waals surface area contributed by atoms with E-state index in [0.29, 0.717) is 12.2 Å². The minimum Gasteiger partial charge on any atom is -0.395 e. The van der Waals surface area contributed by atoms with Gasteiger partial charge in [-0.1, -0.05) is 30.3 Å². The molecule has 0 unspecified atom stereocenters. The molecule has 0 aliphatic rings. The summed E-state index contributed by atoms with van der Waals surface area (Å²) in [6.07, 6.45) is 1.62. The molecule has 0 aliphatic carbocycles. The smallest absolute Gasteiger partial charge is 0.322 e. The van der Waals surface area contributed by atoms with E-state index in [0.717, 1.165) is 11.4 Å². The molecule has 6 nitrogen and oxygen atoms in total. The van der Waals surface area contributed by atoms with Crippen LogP contribution in [-0.4, -0.2) is 48.3 Å². The Balaban J connectivity index is 2.02. The van der Waals surface area contributed by atoms with E-state index in [2.05, 4.69) is 10.3 Å². The zero-order valence-corrected chi connectivity index (χ0v) is 13.4.